The normalized spacial score (nSPS) is 11.8. The zero-order valence-electron chi connectivity index (χ0n) is 11.2. The van der Waals surface area contributed by atoms with Gasteiger partial charge in [-0.2, -0.15) is 5.10 Å². The molecule has 0 atom stereocenters. The van der Waals surface area contributed by atoms with Crippen LogP contribution in [0.1, 0.15) is 5.76 Å². The molecule has 2 rings (SSSR count). The van der Waals surface area contributed by atoms with E-state index >= 15 is 0 Å². The molecule has 0 radical (unpaired) electrons. The van der Waals surface area contributed by atoms with Crippen LogP contribution in [0, 0.1) is 0 Å². The van der Waals surface area contributed by atoms with E-state index in [1.807, 2.05) is 0 Å². The molecule has 0 aliphatic carbocycles. The van der Waals surface area contributed by atoms with E-state index in [1.165, 1.54) is 12.3 Å². The number of furan rings is 1. The molecule has 116 valence electrons. The van der Waals surface area contributed by atoms with Crippen molar-refractivity contribution in [1.29, 1.82) is 0 Å². The zero-order valence-corrected chi connectivity index (χ0v) is 13.6. The Morgan fingerprint density at radius 1 is 1.57 bits per heavy atom. The molecule has 0 amide bonds. The van der Waals surface area contributed by atoms with Crippen LogP contribution in [0.25, 0.3) is 0 Å². The Morgan fingerprint density at radius 3 is 2.95 bits per heavy atom. The number of aromatic nitrogens is 2. The number of nitrogens with two attached hydrogens (primary N) is 1. The summed E-state index contributed by atoms with van der Waals surface area (Å²) in [4.78, 5) is -0.00686. The Balaban J connectivity index is 2.16. The van der Waals surface area contributed by atoms with Gasteiger partial charge in [0.1, 0.15) is 10.7 Å². The van der Waals surface area contributed by atoms with Gasteiger partial charge in [-0.25, -0.2) is 8.42 Å². The fraction of sp³-hybridized carbons (Fsp3) is 0.364. The predicted molar refractivity (Wildman–Crippen MR) is 79.2 cm³/mol. The van der Waals surface area contributed by atoms with Crippen LogP contribution in [0.4, 0.5) is 5.69 Å². The number of rotatable bonds is 7. The lowest BCUT2D eigenvalue weighted by molar-refractivity contribution is 0.183. The van der Waals surface area contributed by atoms with E-state index in [9.17, 15) is 8.42 Å². The highest BCUT2D eigenvalue weighted by molar-refractivity contribution is 9.10. The highest BCUT2D eigenvalue weighted by Crippen LogP contribution is 2.27. The fourth-order valence-electron chi connectivity index (χ4n) is 1.62. The number of nitrogens with one attached hydrogen (secondary N) is 1. The molecule has 21 heavy (non-hydrogen) atoms. The predicted octanol–water partition coefficient (Wildman–Crippen LogP) is 1.14. The van der Waals surface area contributed by atoms with Crippen LogP contribution in [0.2, 0.25) is 0 Å². The van der Waals surface area contributed by atoms with Gasteiger partial charge in [-0.05, 0) is 15.9 Å². The van der Waals surface area contributed by atoms with Crippen molar-refractivity contribution < 1.29 is 17.6 Å². The summed E-state index contributed by atoms with van der Waals surface area (Å²) in [5, 5.41) is 4.03. The van der Waals surface area contributed by atoms with Crippen LogP contribution in [0.3, 0.4) is 0 Å². The standard InChI is InChI=1S/C11H15BrN4O4S/c1-19-3-2-16-7-8(6-14-16)15-21(17,18)10-4-9(5-13)20-11(10)12/h4,6-7,15H,2-3,5,13H2,1H3. The van der Waals surface area contributed by atoms with E-state index in [4.69, 9.17) is 14.9 Å². The number of anilines is 1. The van der Waals surface area contributed by atoms with E-state index in [0.29, 0.717) is 24.6 Å². The SMILES string of the molecule is COCCn1cc(NS(=O)(=O)c2cc(CN)oc2Br)cn1. The molecule has 2 aromatic rings. The number of halogens is 1. The van der Waals surface area contributed by atoms with Gasteiger partial charge in [0, 0.05) is 19.4 Å². The molecule has 0 bridgehead atoms. The minimum atomic E-state index is -3.77. The van der Waals surface area contributed by atoms with Crippen LogP contribution in [0.15, 0.2) is 32.4 Å². The number of hydrogen-bond donors (Lipinski definition) is 2. The first-order valence-electron chi connectivity index (χ1n) is 5.98. The molecule has 8 nitrogen and oxygen atoms in total. The first-order valence-corrected chi connectivity index (χ1v) is 8.26. The molecule has 0 unspecified atom stereocenters. The van der Waals surface area contributed by atoms with Crippen molar-refractivity contribution in [3.63, 3.8) is 0 Å². The van der Waals surface area contributed by atoms with E-state index in [1.54, 1.807) is 18.0 Å². The molecule has 0 aliphatic rings. The van der Waals surface area contributed by atoms with Crippen molar-refractivity contribution in [2.24, 2.45) is 5.73 Å². The van der Waals surface area contributed by atoms with E-state index < -0.39 is 10.0 Å². The van der Waals surface area contributed by atoms with Gasteiger partial charge in [0.2, 0.25) is 0 Å². The number of nitrogens with zero attached hydrogens (tertiary/aromatic N) is 2. The minimum absolute atomic E-state index is 0.00686. The van der Waals surface area contributed by atoms with Gasteiger partial charge in [-0.15, -0.1) is 0 Å². The first-order chi connectivity index (χ1) is 9.96. The summed E-state index contributed by atoms with van der Waals surface area (Å²) in [6.07, 6.45) is 3.00. The maximum atomic E-state index is 12.3. The third-order valence-corrected chi connectivity index (χ3v) is 4.85. The average molecular weight is 379 g/mol. The topological polar surface area (TPSA) is 112 Å². The fourth-order valence-corrected chi connectivity index (χ4v) is 3.64. The molecule has 0 spiro atoms. The molecular formula is C11H15BrN4O4S. The Kier molecular flexibility index (Phi) is 5.04. The van der Waals surface area contributed by atoms with Crippen molar-refractivity contribution >= 4 is 31.6 Å². The Hall–Kier alpha value is -1.36. The summed E-state index contributed by atoms with van der Waals surface area (Å²) in [5.41, 5.74) is 5.78. The van der Waals surface area contributed by atoms with E-state index in [0.717, 1.165) is 0 Å². The number of methoxy groups -OCH3 is 1. The van der Waals surface area contributed by atoms with Gasteiger partial charge in [0.15, 0.2) is 4.67 Å². The van der Waals surface area contributed by atoms with E-state index in [2.05, 4.69) is 25.8 Å². The summed E-state index contributed by atoms with van der Waals surface area (Å²) in [6, 6.07) is 1.38. The van der Waals surface area contributed by atoms with Gasteiger partial charge in [0.25, 0.3) is 10.0 Å². The van der Waals surface area contributed by atoms with Crippen molar-refractivity contribution in [2.45, 2.75) is 18.0 Å². The second kappa shape index (κ2) is 6.60. The lowest BCUT2D eigenvalue weighted by Crippen LogP contribution is -2.12. The third-order valence-electron chi connectivity index (χ3n) is 2.61. The molecule has 2 heterocycles. The maximum Gasteiger partial charge on any atom is 0.266 e. The molecule has 2 aromatic heterocycles. The first kappa shape index (κ1) is 16.0. The summed E-state index contributed by atoms with van der Waals surface area (Å²) < 4.78 is 38.8. The number of sulfonamides is 1. The lowest BCUT2D eigenvalue weighted by atomic mass is 10.5. The van der Waals surface area contributed by atoms with Crippen LogP contribution >= 0.6 is 15.9 Å². The van der Waals surface area contributed by atoms with Gasteiger partial charge in [-0.1, -0.05) is 0 Å². The molecular weight excluding hydrogens is 364 g/mol. The van der Waals surface area contributed by atoms with Crippen LogP contribution in [-0.2, 0) is 27.8 Å². The molecule has 0 aromatic carbocycles. The van der Waals surface area contributed by atoms with Gasteiger partial charge < -0.3 is 14.9 Å². The lowest BCUT2D eigenvalue weighted by Gasteiger charge is -2.03. The molecule has 10 heteroatoms. The van der Waals surface area contributed by atoms with Crippen LogP contribution < -0.4 is 10.5 Å². The Bertz CT molecular complexity index is 710. The van der Waals surface area contributed by atoms with E-state index in [-0.39, 0.29) is 16.1 Å². The number of hydrogen-bond acceptors (Lipinski definition) is 6. The largest absolute Gasteiger partial charge is 0.452 e. The van der Waals surface area contributed by atoms with Crippen LogP contribution in [-0.4, -0.2) is 31.9 Å². The van der Waals surface area contributed by atoms with Gasteiger partial charge in [0.05, 0.1) is 31.6 Å². The maximum absolute atomic E-state index is 12.3. The molecule has 0 saturated heterocycles. The molecule has 3 N–H and O–H groups in total. The van der Waals surface area contributed by atoms with Crippen molar-refractivity contribution in [3.05, 3.63) is 28.9 Å². The Morgan fingerprint density at radius 2 is 2.33 bits per heavy atom. The highest BCUT2D eigenvalue weighted by Gasteiger charge is 2.22. The summed E-state index contributed by atoms with van der Waals surface area (Å²) in [6.45, 7) is 1.13. The van der Waals surface area contributed by atoms with Crippen molar-refractivity contribution in [3.8, 4) is 0 Å². The van der Waals surface area contributed by atoms with Crippen LogP contribution in [0.5, 0.6) is 0 Å². The smallest absolute Gasteiger partial charge is 0.266 e. The molecule has 0 fully saturated rings. The average Bonchev–Trinajstić information content (AvgIpc) is 3.02. The minimum Gasteiger partial charge on any atom is -0.452 e. The number of ether oxygens (including phenoxy) is 1. The Labute approximate surface area is 130 Å². The van der Waals surface area contributed by atoms with Gasteiger partial charge in [-0.3, -0.25) is 9.40 Å². The second-order valence-electron chi connectivity index (χ2n) is 4.15. The molecule has 0 saturated carbocycles. The third kappa shape index (κ3) is 3.84. The van der Waals surface area contributed by atoms with Crippen molar-refractivity contribution in [1.82, 2.24) is 9.78 Å². The van der Waals surface area contributed by atoms with Gasteiger partial charge >= 0.3 is 0 Å². The zero-order chi connectivity index (χ0) is 15.5. The quantitative estimate of drug-likeness (QED) is 0.746. The second-order valence-corrected chi connectivity index (χ2v) is 6.52. The monoisotopic (exact) mass is 378 g/mol. The summed E-state index contributed by atoms with van der Waals surface area (Å²) in [7, 11) is -2.19. The highest BCUT2D eigenvalue weighted by atomic mass is 79.9. The summed E-state index contributed by atoms with van der Waals surface area (Å²) >= 11 is 3.07. The van der Waals surface area contributed by atoms with Crippen molar-refractivity contribution in [2.75, 3.05) is 18.4 Å². The summed E-state index contributed by atoms with van der Waals surface area (Å²) in [5.74, 6) is 0.373. The molecule has 0 aliphatic heterocycles.